The van der Waals surface area contributed by atoms with E-state index in [9.17, 15) is 4.79 Å². The molecule has 4 bridgehead atoms. The number of carbonyl (C=O) groups is 1. The molecule has 5 rings (SSSR count). The van der Waals surface area contributed by atoms with Crippen LogP contribution in [-0.4, -0.2) is 18.0 Å². The molecule has 4 fully saturated rings. The van der Waals surface area contributed by atoms with Crippen molar-refractivity contribution in [1.82, 2.24) is 0 Å². The van der Waals surface area contributed by atoms with E-state index in [2.05, 4.69) is 37.3 Å². The quantitative estimate of drug-likeness (QED) is 0.635. The molecule has 2 heterocycles. The SMILES string of the molecule is CCCC(CC(=O)C1OC2CCC1C1CCCC2CC1)c1ccccc1. The van der Waals surface area contributed by atoms with Gasteiger partial charge in [0.05, 0.1) is 6.10 Å². The third kappa shape index (κ3) is 3.76. The van der Waals surface area contributed by atoms with Crippen molar-refractivity contribution in [2.75, 3.05) is 0 Å². The van der Waals surface area contributed by atoms with Crippen molar-refractivity contribution in [3.63, 3.8) is 0 Å². The van der Waals surface area contributed by atoms with E-state index in [1.54, 1.807) is 0 Å². The van der Waals surface area contributed by atoms with Gasteiger partial charge in [0.1, 0.15) is 6.10 Å². The summed E-state index contributed by atoms with van der Waals surface area (Å²) in [6.07, 6.45) is 12.1. The maximum absolute atomic E-state index is 13.4. The van der Waals surface area contributed by atoms with Crippen LogP contribution >= 0.6 is 0 Å². The van der Waals surface area contributed by atoms with Gasteiger partial charge in [0.15, 0.2) is 5.78 Å². The zero-order chi connectivity index (χ0) is 17.9. The minimum Gasteiger partial charge on any atom is -0.367 e. The van der Waals surface area contributed by atoms with Crippen molar-refractivity contribution in [2.24, 2.45) is 17.8 Å². The third-order valence-electron chi connectivity index (χ3n) is 7.36. The highest BCUT2D eigenvalue weighted by Gasteiger charge is 2.45. The Balaban J connectivity index is 1.51. The molecule has 2 nitrogen and oxygen atoms in total. The van der Waals surface area contributed by atoms with E-state index in [0.29, 0.717) is 36.1 Å². The Labute approximate surface area is 158 Å². The Morgan fingerprint density at radius 1 is 1.04 bits per heavy atom. The van der Waals surface area contributed by atoms with Crippen LogP contribution in [0.25, 0.3) is 0 Å². The van der Waals surface area contributed by atoms with E-state index in [1.807, 2.05) is 0 Å². The number of hydrogen-bond donors (Lipinski definition) is 0. The van der Waals surface area contributed by atoms with E-state index < -0.39 is 0 Å². The van der Waals surface area contributed by atoms with E-state index >= 15 is 0 Å². The average molecular weight is 355 g/mol. The van der Waals surface area contributed by atoms with Crippen LogP contribution in [0, 0.1) is 17.8 Å². The molecule has 0 N–H and O–H groups in total. The number of fused-ring (bicyclic) bond motifs is 2. The summed E-state index contributed by atoms with van der Waals surface area (Å²) in [6.45, 7) is 2.22. The molecule has 6 unspecified atom stereocenters. The number of hydrogen-bond acceptors (Lipinski definition) is 2. The molecule has 26 heavy (non-hydrogen) atoms. The highest BCUT2D eigenvalue weighted by molar-refractivity contribution is 5.84. The largest absolute Gasteiger partial charge is 0.367 e. The van der Waals surface area contributed by atoms with E-state index in [-0.39, 0.29) is 6.10 Å². The first-order valence-corrected chi connectivity index (χ1v) is 11.0. The Bertz CT molecular complexity index is 595. The fourth-order valence-electron chi connectivity index (χ4n) is 5.99. The fraction of sp³-hybridized carbons (Fsp3) is 0.708. The molecular weight excluding hydrogens is 320 g/mol. The third-order valence-corrected chi connectivity index (χ3v) is 7.36. The smallest absolute Gasteiger partial charge is 0.162 e. The predicted octanol–water partition coefficient (Wildman–Crippen LogP) is 5.90. The van der Waals surface area contributed by atoms with Gasteiger partial charge in [-0.25, -0.2) is 0 Å². The zero-order valence-corrected chi connectivity index (χ0v) is 16.2. The number of Topliss-reactive ketones (excluding diaryl/α,β-unsaturated/α-hetero) is 1. The topological polar surface area (TPSA) is 26.3 Å². The van der Waals surface area contributed by atoms with Crippen molar-refractivity contribution >= 4 is 5.78 Å². The highest BCUT2D eigenvalue weighted by Crippen LogP contribution is 2.47. The molecule has 6 atom stereocenters. The van der Waals surface area contributed by atoms with Crippen molar-refractivity contribution in [3.05, 3.63) is 35.9 Å². The summed E-state index contributed by atoms with van der Waals surface area (Å²) in [5.41, 5.74) is 1.32. The van der Waals surface area contributed by atoms with Crippen LogP contribution < -0.4 is 0 Å². The Morgan fingerprint density at radius 3 is 2.62 bits per heavy atom. The fourth-order valence-corrected chi connectivity index (χ4v) is 5.99. The monoisotopic (exact) mass is 354 g/mol. The molecule has 0 amide bonds. The number of carbonyl (C=O) groups excluding carboxylic acids is 1. The molecular formula is C24H34O2. The molecule has 142 valence electrons. The van der Waals surface area contributed by atoms with Gasteiger partial charge in [-0.15, -0.1) is 0 Å². The van der Waals surface area contributed by atoms with Crippen molar-refractivity contribution in [2.45, 2.75) is 89.3 Å². The van der Waals surface area contributed by atoms with E-state index in [0.717, 1.165) is 18.8 Å². The van der Waals surface area contributed by atoms with Crippen LogP contribution in [0.5, 0.6) is 0 Å². The second-order valence-electron chi connectivity index (χ2n) is 8.93. The standard InChI is InChI=1S/C24H34O2/c1-2-7-20(17-8-4-3-5-9-17)16-22(25)24-21-14-15-23(26-24)19-11-6-10-18(21)12-13-19/h3-5,8-9,18-21,23-24H,2,6-7,10-16H2,1H3. The second kappa shape index (κ2) is 8.25. The molecule has 2 saturated carbocycles. The zero-order valence-electron chi connectivity index (χ0n) is 16.2. The number of benzene rings is 1. The lowest BCUT2D eigenvalue weighted by Gasteiger charge is -2.44. The molecule has 2 heteroatoms. The van der Waals surface area contributed by atoms with Gasteiger partial charge in [-0.1, -0.05) is 56.5 Å². The first-order chi connectivity index (χ1) is 12.8. The lowest BCUT2D eigenvalue weighted by atomic mass is 9.72. The molecule has 1 aromatic carbocycles. The number of ether oxygens (including phenoxy) is 1. The van der Waals surface area contributed by atoms with Crippen LogP contribution in [-0.2, 0) is 9.53 Å². The molecule has 4 aliphatic rings. The summed E-state index contributed by atoms with van der Waals surface area (Å²) in [6, 6.07) is 10.6. The molecule has 2 saturated heterocycles. The summed E-state index contributed by atoms with van der Waals surface area (Å²) < 4.78 is 6.53. The highest BCUT2D eigenvalue weighted by atomic mass is 16.5. The van der Waals surface area contributed by atoms with E-state index in [4.69, 9.17) is 4.74 Å². The summed E-state index contributed by atoms with van der Waals surface area (Å²) in [7, 11) is 0. The van der Waals surface area contributed by atoms with Gasteiger partial charge in [0, 0.05) is 6.42 Å². The molecule has 0 aromatic heterocycles. The van der Waals surface area contributed by atoms with Gasteiger partial charge in [-0.2, -0.15) is 0 Å². The van der Waals surface area contributed by atoms with Gasteiger partial charge < -0.3 is 4.74 Å². The Kier molecular flexibility index (Phi) is 5.78. The second-order valence-corrected chi connectivity index (χ2v) is 8.93. The minimum absolute atomic E-state index is 0.122. The molecule has 2 aliphatic heterocycles. The summed E-state index contributed by atoms with van der Waals surface area (Å²) in [5.74, 6) is 2.64. The molecule has 0 spiro atoms. The lowest BCUT2D eigenvalue weighted by molar-refractivity contribution is -0.160. The summed E-state index contributed by atoms with van der Waals surface area (Å²) in [5, 5.41) is 0. The Morgan fingerprint density at radius 2 is 1.81 bits per heavy atom. The van der Waals surface area contributed by atoms with Gasteiger partial charge in [0.25, 0.3) is 0 Å². The number of ketones is 1. The van der Waals surface area contributed by atoms with Crippen molar-refractivity contribution in [3.8, 4) is 0 Å². The molecule has 1 aromatic rings. The van der Waals surface area contributed by atoms with Crippen LogP contribution in [0.1, 0.15) is 82.6 Å². The van der Waals surface area contributed by atoms with Crippen molar-refractivity contribution < 1.29 is 9.53 Å². The average Bonchev–Trinajstić information content (AvgIpc) is 2.85. The van der Waals surface area contributed by atoms with E-state index in [1.165, 1.54) is 50.5 Å². The molecule has 2 aliphatic carbocycles. The molecule has 0 radical (unpaired) electrons. The van der Waals surface area contributed by atoms with Gasteiger partial charge in [-0.3, -0.25) is 4.79 Å². The van der Waals surface area contributed by atoms with Gasteiger partial charge >= 0.3 is 0 Å². The summed E-state index contributed by atoms with van der Waals surface area (Å²) >= 11 is 0. The van der Waals surface area contributed by atoms with Crippen LogP contribution in [0.15, 0.2) is 30.3 Å². The Hall–Kier alpha value is -1.15. The van der Waals surface area contributed by atoms with Gasteiger partial charge in [-0.05, 0) is 67.8 Å². The predicted molar refractivity (Wildman–Crippen MR) is 105 cm³/mol. The first kappa shape index (κ1) is 18.2. The van der Waals surface area contributed by atoms with Crippen LogP contribution in [0.3, 0.4) is 0 Å². The maximum atomic E-state index is 13.4. The normalized spacial score (nSPS) is 34.7. The number of rotatable bonds is 6. The van der Waals surface area contributed by atoms with Crippen molar-refractivity contribution in [1.29, 1.82) is 0 Å². The minimum atomic E-state index is -0.122. The van der Waals surface area contributed by atoms with Gasteiger partial charge in [0.2, 0.25) is 0 Å². The lowest BCUT2D eigenvalue weighted by Crippen LogP contribution is -2.47. The van der Waals surface area contributed by atoms with Crippen LogP contribution in [0.2, 0.25) is 0 Å². The van der Waals surface area contributed by atoms with Crippen LogP contribution in [0.4, 0.5) is 0 Å². The maximum Gasteiger partial charge on any atom is 0.162 e. The first-order valence-electron chi connectivity index (χ1n) is 11.0. The summed E-state index contributed by atoms with van der Waals surface area (Å²) in [4.78, 5) is 13.4.